The molecule has 0 fully saturated rings. The van der Waals surface area contributed by atoms with E-state index in [2.05, 4.69) is 4.72 Å². The summed E-state index contributed by atoms with van der Waals surface area (Å²) in [6.45, 7) is 0. The van der Waals surface area contributed by atoms with Crippen molar-refractivity contribution in [2.45, 2.75) is 4.90 Å². The number of ether oxygens (including phenoxy) is 4. The van der Waals surface area contributed by atoms with Crippen molar-refractivity contribution in [3.8, 4) is 28.7 Å². The predicted molar refractivity (Wildman–Crippen MR) is 132 cm³/mol. The average Bonchev–Trinajstić information content (AvgIpc) is 2.81. The minimum Gasteiger partial charge on any atom is -0.504 e. The van der Waals surface area contributed by atoms with Gasteiger partial charge in [0, 0.05) is 5.02 Å². The van der Waals surface area contributed by atoms with E-state index in [-0.39, 0.29) is 27.1 Å². The van der Waals surface area contributed by atoms with Crippen LogP contribution < -0.4 is 23.7 Å². The Morgan fingerprint density at radius 2 is 1.41 bits per heavy atom. The number of nitrogens with one attached hydrogen (secondary N) is 1. The van der Waals surface area contributed by atoms with E-state index in [1.54, 1.807) is 30.4 Å². The molecular formula is C24H24ClNO7S. The molecule has 0 radical (unpaired) electrons. The van der Waals surface area contributed by atoms with E-state index in [4.69, 9.17) is 30.5 Å². The lowest BCUT2D eigenvalue weighted by molar-refractivity contribution is 0.324. The summed E-state index contributed by atoms with van der Waals surface area (Å²) in [6.07, 6.45) is 3.44. The van der Waals surface area contributed by atoms with Crippen molar-refractivity contribution < 1.29 is 32.5 Å². The first-order valence-corrected chi connectivity index (χ1v) is 11.8. The van der Waals surface area contributed by atoms with Crippen LogP contribution in [-0.2, 0) is 10.0 Å². The lowest BCUT2D eigenvalue weighted by atomic mass is 10.1. The van der Waals surface area contributed by atoms with E-state index in [1.165, 1.54) is 58.8 Å². The minimum atomic E-state index is -3.99. The quantitative estimate of drug-likeness (QED) is 0.392. The molecule has 3 rings (SSSR count). The standard InChI is InChI=1S/C24H24ClNO7S/c1-30-21-12-16(13-22(31-2)24(21)33-4)9-8-15-10-19(23(32-3)20(27)11-15)26-34(28,29)18-7-5-6-17(25)14-18/h5-14,26-27H,1-4H3. The molecule has 0 unspecified atom stereocenters. The van der Waals surface area contributed by atoms with Gasteiger partial charge in [0.25, 0.3) is 10.0 Å². The van der Waals surface area contributed by atoms with Gasteiger partial charge in [-0.25, -0.2) is 8.42 Å². The van der Waals surface area contributed by atoms with Gasteiger partial charge in [0.05, 0.1) is 39.0 Å². The number of aromatic hydroxyl groups is 1. The number of benzene rings is 3. The number of phenols is 1. The first kappa shape index (κ1) is 25.1. The second-order valence-electron chi connectivity index (χ2n) is 6.98. The molecule has 0 aromatic heterocycles. The third-order valence-electron chi connectivity index (χ3n) is 4.80. The van der Waals surface area contributed by atoms with Gasteiger partial charge in [-0.2, -0.15) is 0 Å². The molecule has 0 aliphatic heterocycles. The molecular weight excluding hydrogens is 482 g/mol. The third-order valence-corrected chi connectivity index (χ3v) is 6.40. The fourth-order valence-electron chi connectivity index (χ4n) is 3.25. The Balaban J connectivity index is 1.99. The molecule has 0 saturated carbocycles. The van der Waals surface area contributed by atoms with Gasteiger partial charge in [-0.3, -0.25) is 4.72 Å². The molecule has 8 nitrogen and oxygen atoms in total. The maximum Gasteiger partial charge on any atom is 0.262 e. The molecule has 0 bridgehead atoms. The van der Waals surface area contributed by atoms with Crippen molar-refractivity contribution in [1.29, 1.82) is 0 Å². The maximum absolute atomic E-state index is 12.9. The second kappa shape index (κ2) is 10.6. The number of phenolic OH excluding ortho intramolecular Hbond substituents is 1. The van der Waals surface area contributed by atoms with Crippen molar-refractivity contribution in [1.82, 2.24) is 0 Å². The van der Waals surface area contributed by atoms with Crippen molar-refractivity contribution in [2.24, 2.45) is 0 Å². The molecule has 0 amide bonds. The molecule has 34 heavy (non-hydrogen) atoms. The van der Waals surface area contributed by atoms with Crippen LogP contribution in [-0.4, -0.2) is 42.0 Å². The molecule has 0 aliphatic rings. The van der Waals surface area contributed by atoms with Gasteiger partial charge in [-0.15, -0.1) is 0 Å². The highest BCUT2D eigenvalue weighted by Crippen LogP contribution is 2.40. The number of rotatable bonds is 9. The number of methoxy groups -OCH3 is 4. The van der Waals surface area contributed by atoms with Crippen molar-refractivity contribution in [2.75, 3.05) is 33.2 Å². The second-order valence-corrected chi connectivity index (χ2v) is 9.09. The van der Waals surface area contributed by atoms with Crippen LogP contribution in [0.1, 0.15) is 11.1 Å². The topological polar surface area (TPSA) is 103 Å². The van der Waals surface area contributed by atoms with Gasteiger partial charge in [-0.05, 0) is 53.6 Å². The number of hydrogen-bond donors (Lipinski definition) is 2. The summed E-state index contributed by atoms with van der Waals surface area (Å²) < 4.78 is 49.4. The summed E-state index contributed by atoms with van der Waals surface area (Å²) in [5.74, 6) is 1.17. The predicted octanol–water partition coefficient (Wildman–Crippen LogP) is 5.05. The van der Waals surface area contributed by atoms with E-state index in [1.807, 2.05) is 0 Å². The number of halogens is 1. The highest BCUT2D eigenvalue weighted by molar-refractivity contribution is 7.92. The normalized spacial score (nSPS) is 11.3. The molecule has 0 spiro atoms. The molecule has 180 valence electrons. The number of sulfonamides is 1. The highest BCUT2D eigenvalue weighted by atomic mass is 35.5. The molecule has 0 heterocycles. The molecule has 0 atom stereocenters. The monoisotopic (exact) mass is 505 g/mol. The Morgan fingerprint density at radius 3 is 1.94 bits per heavy atom. The number of anilines is 1. The summed E-state index contributed by atoms with van der Waals surface area (Å²) in [7, 11) is 1.89. The lowest BCUT2D eigenvalue weighted by Gasteiger charge is -2.14. The SMILES string of the molecule is COc1cc(C=Cc2cc(O)c(OC)c(NS(=O)(=O)c3cccc(Cl)c3)c2)cc(OC)c1OC. The molecule has 3 aromatic rings. The Morgan fingerprint density at radius 1 is 0.824 bits per heavy atom. The number of hydrogen-bond acceptors (Lipinski definition) is 7. The van der Waals surface area contributed by atoms with Gasteiger partial charge < -0.3 is 24.1 Å². The Hall–Kier alpha value is -3.56. The molecule has 0 saturated heterocycles. The van der Waals surface area contributed by atoms with Crippen molar-refractivity contribution in [3.05, 3.63) is 64.7 Å². The van der Waals surface area contributed by atoms with Crippen LogP contribution in [0.4, 0.5) is 5.69 Å². The van der Waals surface area contributed by atoms with Crippen molar-refractivity contribution >= 4 is 39.5 Å². The Labute approximate surface area is 203 Å². The average molecular weight is 506 g/mol. The molecule has 10 heteroatoms. The zero-order valence-corrected chi connectivity index (χ0v) is 20.5. The first-order chi connectivity index (χ1) is 16.2. The van der Waals surface area contributed by atoms with E-state index >= 15 is 0 Å². The summed E-state index contributed by atoms with van der Waals surface area (Å²) in [6, 6.07) is 12.3. The summed E-state index contributed by atoms with van der Waals surface area (Å²) in [5.41, 5.74) is 1.30. The van der Waals surface area contributed by atoms with Gasteiger partial charge in [0.2, 0.25) is 5.75 Å². The Kier molecular flexibility index (Phi) is 7.80. The summed E-state index contributed by atoms with van der Waals surface area (Å²) in [5, 5.41) is 10.7. The van der Waals surface area contributed by atoms with Gasteiger partial charge in [0.15, 0.2) is 23.0 Å². The minimum absolute atomic E-state index is 0.0180. The van der Waals surface area contributed by atoms with Crippen LogP contribution in [0, 0.1) is 0 Å². The third kappa shape index (κ3) is 5.49. The zero-order valence-electron chi connectivity index (χ0n) is 19.0. The van der Waals surface area contributed by atoms with Crippen LogP contribution in [0.2, 0.25) is 5.02 Å². The van der Waals surface area contributed by atoms with E-state index < -0.39 is 10.0 Å². The molecule has 0 aliphatic carbocycles. The van der Waals surface area contributed by atoms with Crippen LogP contribution >= 0.6 is 11.6 Å². The molecule has 2 N–H and O–H groups in total. The van der Waals surface area contributed by atoms with Crippen LogP contribution in [0.15, 0.2) is 53.4 Å². The van der Waals surface area contributed by atoms with E-state index in [9.17, 15) is 13.5 Å². The highest BCUT2D eigenvalue weighted by Gasteiger charge is 2.19. The molecule has 3 aromatic carbocycles. The van der Waals surface area contributed by atoms with Crippen LogP contribution in [0.25, 0.3) is 12.2 Å². The lowest BCUT2D eigenvalue weighted by Crippen LogP contribution is -2.13. The first-order valence-electron chi connectivity index (χ1n) is 9.90. The fourth-order valence-corrected chi connectivity index (χ4v) is 4.60. The Bertz CT molecular complexity index is 1300. The largest absolute Gasteiger partial charge is 0.504 e. The van der Waals surface area contributed by atoms with E-state index in [0.717, 1.165) is 5.56 Å². The van der Waals surface area contributed by atoms with Gasteiger partial charge >= 0.3 is 0 Å². The zero-order chi connectivity index (χ0) is 24.9. The van der Waals surface area contributed by atoms with Crippen LogP contribution in [0.3, 0.4) is 0 Å². The summed E-state index contributed by atoms with van der Waals surface area (Å²) in [4.78, 5) is -0.0279. The van der Waals surface area contributed by atoms with Crippen LogP contribution in [0.5, 0.6) is 28.7 Å². The van der Waals surface area contributed by atoms with Gasteiger partial charge in [-0.1, -0.05) is 29.8 Å². The summed E-state index contributed by atoms with van der Waals surface area (Å²) >= 11 is 5.93. The maximum atomic E-state index is 12.9. The smallest absolute Gasteiger partial charge is 0.262 e. The fraction of sp³-hybridized carbons (Fsp3) is 0.167. The van der Waals surface area contributed by atoms with E-state index in [0.29, 0.717) is 22.8 Å². The van der Waals surface area contributed by atoms with Gasteiger partial charge in [0.1, 0.15) is 0 Å². The van der Waals surface area contributed by atoms with Crippen molar-refractivity contribution in [3.63, 3.8) is 0 Å².